The van der Waals surface area contributed by atoms with Crippen LogP contribution in [0, 0.1) is 17.2 Å². The van der Waals surface area contributed by atoms with Crippen LogP contribution in [0.3, 0.4) is 0 Å². The third kappa shape index (κ3) is 11.9. The van der Waals surface area contributed by atoms with Gasteiger partial charge < -0.3 is 31.3 Å². The molecular formula is C37H53N7O5. The summed E-state index contributed by atoms with van der Waals surface area (Å²) in [7, 11) is 0. The normalized spacial score (nSPS) is 17.0. The van der Waals surface area contributed by atoms with Gasteiger partial charge in [-0.15, -0.1) is 0 Å². The molecule has 12 heteroatoms. The number of benzene rings is 2. The Bertz CT molecular complexity index is 1410. The van der Waals surface area contributed by atoms with Gasteiger partial charge in [-0.05, 0) is 57.1 Å². The Morgan fingerprint density at radius 3 is 2.12 bits per heavy atom. The number of hydrogen-bond donors (Lipinski definition) is 5. The Balaban J connectivity index is 1.39. The van der Waals surface area contributed by atoms with Gasteiger partial charge in [-0.25, -0.2) is 4.79 Å². The minimum atomic E-state index is -1.08. The van der Waals surface area contributed by atoms with Gasteiger partial charge in [-0.3, -0.25) is 24.7 Å². The van der Waals surface area contributed by atoms with E-state index in [-0.39, 0.29) is 36.7 Å². The van der Waals surface area contributed by atoms with Crippen LogP contribution >= 0.6 is 0 Å². The molecule has 1 saturated carbocycles. The third-order valence-electron chi connectivity index (χ3n) is 9.10. The lowest BCUT2D eigenvalue weighted by Gasteiger charge is -2.35. The fourth-order valence-corrected chi connectivity index (χ4v) is 6.32. The topological polar surface area (TPSA) is 170 Å². The number of nitrogen functional groups attached to an aromatic ring is 1. The highest BCUT2D eigenvalue weighted by Crippen LogP contribution is 2.27. The fraction of sp³-hybridized carbons (Fsp3) is 0.541. The van der Waals surface area contributed by atoms with E-state index in [9.17, 15) is 19.2 Å². The highest BCUT2D eigenvalue weighted by Gasteiger charge is 2.35. The number of nitrogens with zero attached hydrogens (tertiary/aromatic N) is 2. The number of carbonyl (C=O) groups excluding carboxylic acids is 4. The summed E-state index contributed by atoms with van der Waals surface area (Å²) in [5.41, 5.74) is 7.28. The van der Waals surface area contributed by atoms with E-state index in [2.05, 4.69) is 20.9 Å². The van der Waals surface area contributed by atoms with Crippen molar-refractivity contribution in [2.24, 2.45) is 17.6 Å². The van der Waals surface area contributed by atoms with Crippen LogP contribution < -0.4 is 21.7 Å². The van der Waals surface area contributed by atoms with Crippen molar-refractivity contribution in [3.8, 4) is 0 Å². The summed E-state index contributed by atoms with van der Waals surface area (Å²) in [5, 5.41) is 16.6. The first-order valence-electron chi connectivity index (χ1n) is 17.4. The number of nitrogens with two attached hydrogens (primary N) is 1. The smallest absolute Gasteiger partial charge is 0.410 e. The maximum atomic E-state index is 14.0. The van der Waals surface area contributed by atoms with Gasteiger partial charge in [0, 0.05) is 51.4 Å². The maximum absolute atomic E-state index is 14.0. The van der Waals surface area contributed by atoms with E-state index < -0.39 is 29.4 Å². The molecule has 2 aromatic rings. The Hall–Kier alpha value is -4.45. The number of amides is 4. The van der Waals surface area contributed by atoms with Gasteiger partial charge in [0.25, 0.3) is 0 Å². The molecule has 0 unspecified atom stereocenters. The van der Waals surface area contributed by atoms with Crippen LogP contribution in [0.2, 0.25) is 0 Å². The van der Waals surface area contributed by atoms with E-state index in [1.807, 2.05) is 51.1 Å². The standard InChI is InChI=1S/C37H53N7O5/c1-37(2,3)49-36(48)44-22-20-43(21-23-44)19-18-40-35(47)31(28-12-8-5-9-13-28)42-34(46)30(24-26-14-16-29(17-15-26)32(38)39)33(45)41-25-27-10-6-4-7-11-27/h4,6-7,10-11,14-17,28,30-31H,5,8-9,12-13,18-25H2,1-3H3,(H3,38,39)(H,40,47)(H,41,45)(H,42,46)/t30-,31-/m0/s1. The second kappa shape index (κ2) is 17.8. The Morgan fingerprint density at radius 2 is 1.51 bits per heavy atom. The lowest BCUT2D eigenvalue weighted by molar-refractivity contribution is -0.138. The molecule has 0 radical (unpaired) electrons. The largest absolute Gasteiger partial charge is 0.444 e. The van der Waals surface area contributed by atoms with Gasteiger partial charge in [0.15, 0.2) is 0 Å². The van der Waals surface area contributed by atoms with Gasteiger partial charge in [-0.1, -0.05) is 73.9 Å². The van der Waals surface area contributed by atoms with Crippen molar-refractivity contribution in [1.82, 2.24) is 25.8 Å². The van der Waals surface area contributed by atoms with Crippen molar-refractivity contribution in [2.45, 2.75) is 77.5 Å². The second-order valence-electron chi connectivity index (χ2n) is 14.1. The first-order valence-corrected chi connectivity index (χ1v) is 17.4. The highest BCUT2D eigenvalue weighted by molar-refractivity contribution is 6.02. The maximum Gasteiger partial charge on any atom is 0.410 e. The summed E-state index contributed by atoms with van der Waals surface area (Å²) < 4.78 is 5.49. The monoisotopic (exact) mass is 675 g/mol. The predicted molar refractivity (Wildman–Crippen MR) is 189 cm³/mol. The minimum absolute atomic E-state index is 0.0297. The zero-order valence-corrected chi connectivity index (χ0v) is 29.1. The number of piperazine rings is 1. The number of hydrogen-bond acceptors (Lipinski definition) is 7. The zero-order valence-electron chi connectivity index (χ0n) is 29.1. The van der Waals surface area contributed by atoms with Gasteiger partial charge in [0.1, 0.15) is 23.4 Å². The van der Waals surface area contributed by atoms with Crippen LogP contribution in [0.4, 0.5) is 4.79 Å². The van der Waals surface area contributed by atoms with Crippen LogP contribution in [-0.2, 0) is 32.1 Å². The predicted octanol–water partition coefficient (Wildman–Crippen LogP) is 3.18. The molecule has 266 valence electrons. The molecule has 0 bridgehead atoms. The fourth-order valence-electron chi connectivity index (χ4n) is 6.32. The molecule has 2 aliphatic rings. The van der Waals surface area contributed by atoms with Crippen molar-refractivity contribution < 1.29 is 23.9 Å². The van der Waals surface area contributed by atoms with Crippen LogP contribution in [0.1, 0.15) is 69.6 Å². The second-order valence-corrected chi connectivity index (χ2v) is 14.1. The van der Waals surface area contributed by atoms with Gasteiger partial charge in [-0.2, -0.15) is 0 Å². The quantitative estimate of drug-likeness (QED) is 0.123. The van der Waals surface area contributed by atoms with Gasteiger partial charge in [0.2, 0.25) is 17.7 Å². The van der Waals surface area contributed by atoms with E-state index in [4.69, 9.17) is 15.9 Å². The number of nitrogens with one attached hydrogen (secondary N) is 4. The molecule has 49 heavy (non-hydrogen) atoms. The molecule has 2 atom stereocenters. The molecule has 6 N–H and O–H groups in total. The Kier molecular flexibility index (Phi) is 13.6. The van der Waals surface area contributed by atoms with Crippen LogP contribution in [0.15, 0.2) is 54.6 Å². The summed E-state index contributed by atoms with van der Waals surface area (Å²) in [4.78, 5) is 57.6. The van der Waals surface area contributed by atoms with E-state index in [0.717, 1.165) is 43.2 Å². The molecular weight excluding hydrogens is 622 g/mol. The molecule has 1 heterocycles. The Morgan fingerprint density at radius 1 is 0.857 bits per heavy atom. The van der Waals surface area contributed by atoms with Gasteiger partial charge >= 0.3 is 6.09 Å². The van der Waals surface area contributed by atoms with Crippen molar-refractivity contribution in [1.29, 1.82) is 5.41 Å². The average molecular weight is 676 g/mol. The van der Waals surface area contributed by atoms with Crippen LogP contribution in [0.25, 0.3) is 0 Å². The molecule has 1 aliphatic carbocycles. The van der Waals surface area contributed by atoms with Gasteiger partial charge in [0.05, 0.1) is 0 Å². The summed E-state index contributed by atoms with van der Waals surface area (Å²) in [6.07, 6.45) is 4.51. The lowest BCUT2D eigenvalue weighted by Crippen LogP contribution is -2.56. The van der Waals surface area contributed by atoms with E-state index >= 15 is 0 Å². The zero-order chi connectivity index (χ0) is 35.4. The summed E-state index contributed by atoms with van der Waals surface area (Å²) in [5.74, 6) is -2.34. The molecule has 12 nitrogen and oxygen atoms in total. The third-order valence-corrected chi connectivity index (χ3v) is 9.10. The number of ether oxygens (including phenoxy) is 1. The molecule has 4 amide bonds. The molecule has 4 rings (SSSR count). The molecule has 0 spiro atoms. The summed E-state index contributed by atoms with van der Waals surface area (Å²) in [6.45, 7) is 9.27. The van der Waals surface area contributed by atoms with Crippen LogP contribution in [-0.4, -0.2) is 90.4 Å². The molecule has 2 fully saturated rings. The van der Waals surface area contributed by atoms with Crippen molar-refractivity contribution in [2.75, 3.05) is 39.3 Å². The van der Waals surface area contributed by atoms with Crippen molar-refractivity contribution in [3.05, 3.63) is 71.3 Å². The number of carbonyl (C=O) groups is 4. The molecule has 1 saturated heterocycles. The highest BCUT2D eigenvalue weighted by atomic mass is 16.6. The van der Waals surface area contributed by atoms with Crippen molar-refractivity contribution in [3.63, 3.8) is 0 Å². The Labute approximate surface area is 290 Å². The van der Waals surface area contributed by atoms with E-state index in [1.54, 1.807) is 29.2 Å². The van der Waals surface area contributed by atoms with E-state index in [0.29, 0.717) is 44.8 Å². The lowest BCUT2D eigenvalue weighted by atomic mass is 9.83. The molecule has 0 aromatic heterocycles. The average Bonchev–Trinajstić information content (AvgIpc) is 3.09. The minimum Gasteiger partial charge on any atom is -0.444 e. The SMILES string of the molecule is CC(C)(C)OC(=O)N1CCN(CCNC(=O)[C@@H](NC(=O)[C@@H](Cc2ccc(C(=N)N)cc2)C(=O)NCc2ccccc2)C2CCCCC2)CC1. The molecule has 2 aromatic carbocycles. The first kappa shape index (κ1) is 37.4. The number of amidine groups is 1. The first-order chi connectivity index (χ1) is 23.4. The number of rotatable bonds is 13. The van der Waals surface area contributed by atoms with E-state index in [1.165, 1.54) is 0 Å². The van der Waals surface area contributed by atoms with Crippen molar-refractivity contribution >= 4 is 29.7 Å². The summed E-state index contributed by atoms with van der Waals surface area (Å²) >= 11 is 0. The molecule has 1 aliphatic heterocycles. The summed E-state index contributed by atoms with van der Waals surface area (Å²) in [6, 6.07) is 15.6. The van der Waals surface area contributed by atoms with Crippen LogP contribution in [0.5, 0.6) is 0 Å².